The number of methoxy groups -OCH3 is 1. The van der Waals surface area contributed by atoms with Gasteiger partial charge in [-0.05, 0) is 64.3 Å². The number of likely N-dealkylation sites (N-methyl/N-ethyl adjacent to an activating group) is 1. The highest BCUT2D eigenvalue weighted by molar-refractivity contribution is 4.82. The molecule has 1 unspecified atom stereocenters. The number of ether oxygens (including phenoxy) is 1. The van der Waals surface area contributed by atoms with E-state index in [0.29, 0.717) is 6.04 Å². The van der Waals surface area contributed by atoms with Crippen molar-refractivity contribution in [1.82, 2.24) is 15.1 Å². The second-order valence-electron chi connectivity index (χ2n) is 6.40. The maximum Gasteiger partial charge on any atom is 0.0630 e. The van der Waals surface area contributed by atoms with Crippen LogP contribution in [0.5, 0.6) is 0 Å². The lowest BCUT2D eigenvalue weighted by molar-refractivity contribution is 0.0594. The second kappa shape index (κ2) is 8.98. The molecule has 2 aliphatic rings. The van der Waals surface area contributed by atoms with Gasteiger partial charge in [0.15, 0.2) is 0 Å². The molecule has 0 spiro atoms. The third-order valence-corrected chi connectivity index (χ3v) is 4.87. The van der Waals surface area contributed by atoms with E-state index in [1.807, 2.05) is 7.11 Å². The van der Waals surface area contributed by atoms with Gasteiger partial charge in [0.2, 0.25) is 0 Å². The average molecular weight is 283 g/mol. The molecule has 0 amide bonds. The summed E-state index contributed by atoms with van der Waals surface area (Å²) >= 11 is 0. The summed E-state index contributed by atoms with van der Waals surface area (Å²) in [6, 6.07) is 0.549. The number of rotatable bonds is 8. The first-order chi connectivity index (χ1) is 9.83. The first-order valence-corrected chi connectivity index (χ1v) is 8.49. The minimum Gasteiger partial charge on any atom is -0.383 e. The molecule has 1 atom stereocenters. The molecular weight excluding hydrogens is 250 g/mol. The molecule has 2 saturated heterocycles. The van der Waals surface area contributed by atoms with Crippen LogP contribution in [-0.2, 0) is 4.74 Å². The van der Waals surface area contributed by atoms with E-state index in [4.69, 9.17) is 4.74 Å². The van der Waals surface area contributed by atoms with Crippen LogP contribution in [0.3, 0.4) is 0 Å². The van der Waals surface area contributed by atoms with E-state index < -0.39 is 0 Å². The summed E-state index contributed by atoms with van der Waals surface area (Å²) in [4.78, 5) is 5.30. The van der Waals surface area contributed by atoms with Crippen molar-refractivity contribution in [2.75, 3.05) is 59.5 Å². The molecule has 2 fully saturated rings. The summed E-state index contributed by atoms with van der Waals surface area (Å²) in [6.45, 7) is 11.6. The Kier molecular flexibility index (Phi) is 7.28. The van der Waals surface area contributed by atoms with E-state index >= 15 is 0 Å². The van der Waals surface area contributed by atoms with Crippen LogP contribution >= 0.6 is 0 Å². The normalized spacial score (nSPS) is 24.3. The molecule has 4 heteroatoms. The van der Waals surface area contributed by atoms with Gasteiger partial charge >= 0.3 is 0 Å². The third-order valence-electron chi connectivity index (χ3n) is 4.87. The maximum absolute atomic E-state index is 5.40. The molecule has 0 bridgehead atoms. The zero-order valence-corrected chi connectivity index (χ0v) is 13.4. The molecule has 0 aromatic rings. The van der Waals surface area contributed by atoms with Crippen LogP contribution in [0.25, 0.3) is 0 Å². The molecule has 1 N–H and O–H groups in total. The topological polar surface area (TPSA) is 27.7 Å². The van der Waals surface area contributed by atoms with Crippen LogP contribution in [0.4, 0.5) is 0 Å². The zero-order chi connectivity index (χ0) is 14.2. The molecular formula is C16H33N3O. The molecule has 0 aromatic carbocycles. The van der Waals surface area contributed by atoms with Gasteiger partial charge in [-0.2, -0.15) is 0 Å². The van der Waals surface area contributed by atoms with Gasteiger partial charge in [0.1, 0.15) is 0 Å². The Morgan fingerprint density at radius 3 is 2.45 bits per heavy atom. The standard InChI is InChI=1S/C16H33N3O/c1-3-17-12-16(14-20-2)19-10-6-15(7-11-19)13-18-8-4-5-9-18/h15-17H,3-14H2,1-2H3. The molecule has 2 heterocycles. The first kappa shape index (κ1) is 16.2. The van der Waals surface area contributed by atoms with E-state index in [1.165, 1.54) is 58.4 Å². The monoisotopic (exact) mass is 283 g/mol. The van der Waals surface area contributed by atoms with Gasteiger partial charge in [-0.3, -0.25) is 4.90 Å². The molecule has 2 aliphatic heterocycles. The number of piperidine rings is 1. The van der Waals surface area contributed by atoms with Crippen molar-refractivity contribution in [3.05, 3.63) is 0 Å². The van der Waals surface area contributed by atoms with E-state index in [2.05, 4.69) is 22.0 Å². The van der Waals surface area contributed by atoms with Gasteiger partial charge in [-0.15, -0.1) is 0 Å². The number of nitrogens with zero attached hydrogens (tertiary/aromatic N) is 2. The highest BCUT2D eigenvalue weighted by Gasteiger charge is 2.26. The minimum absolute atomic E-state index is 0.549. The van der Waals surface area contributed by atoms with E-state index in [1.54, 1.807) is 0 Å². The molecule has 0 saturated carbocycles. The molecule has 2 rings (SSSR count). The fourth-order valence-electron chi connectivity index (χ4n) is 3.63. The van der Waals surface area contributed by atoms with Crippen LogP contribution < -0.4 is 5.32 Å². The fourth-order valence-corrected chi connectivity index (χ4v) is 3.63. The van der Waals surface area contributed by atoms with Gasteiger partial charge in [0, 0.05) is 26.2 Å². The lowest BCUT2D eigenvalue weighted by atomic mass is 9.95. The number of nitrogens with one attached hydrogen (secondary N) is 1. The summed E-state index contributed by atoms with van der Waals surface area (Å²) in [5, 5.41) is 3.47. The van der Waals surface area contributed by atoms with Crippen molar-refractivity contribution < 1.29 is 4.74 Å². The van der Waals surface area contributed by atoms with Crippen molar-refractivity contribution in [1.29, 1.82) is 0 Å². The molecule has 118 valence electrons. The van der Waals surface area contributed by atoms with Crippen LogP contribution in [0, 0.1) is 5.92 Å². The van der Waals surface area contributed by atoms with Crippen LogP contribution in [0.1, 0.15) is 32.6 Å². The van der Waals surface area contributed by atoms with E-state index in [-0.39, 0.29) is 0 Å². The third kappa shape index (κ3) is 4.99. The Hall–Kier alpha value is -0.160. The first-order valence-electron chi connectivity index (χ1n) is 8.49. The predicted molar refractivity (Wildman–Crippen MR) is 84.2 cm³/mol. The summed E-state index contributed by atoms with van der Waals surface area (Å²) in [7, 11) is 1.82. The van der Waals surface area contributed by atoms with E-state index in [9.17, 15) is 0 Å². The maximum atomic E-state index is 5.40. The van der Waals surface area contributed by atoms with Gasteiger partial charge in [0.25, 0.3) is 0 Å². The second-order valence-corrected chi connectivity index (χ2v) is 6.40. The quantitative estimate of drug-likeness (QED) is 0.729. The van der Waals surface area contributed by atoms with Crippen molar-refractivity contribution in [2.45, 2.75) is 38.6 Å². The minimum atomic E-state index is 0.549. The van der Waals surface area contributed by atoms with Crippen LogP contribution in [-0.4, -0.2) is 75.4 Å². The zero-order valence-electron chi connectivity index (χ0n) is 13.4. The van der Waals surface area contributed by atoms with Gasteiger partial charge in [-0.1, -0.05) is 6.92 Å². The largest absolute Gasteiger partial charge is 0.383 e. The van der Waals surface area contributed by atoms with Crippen molar-refractivity contribution in [3.8, 4) is 0 Å². The molecule has 0 aliphatic carbocycles. The Balaban J connectivity index is 1.70. The summed E-state index contributed by atoms with van der Waals surface area (Å²) < 4.78 is 5.40. The van der Waals surface area contributed by atoms with Gasteiger partial charge in [-0.25, -0.2) is 0 Å². The highest BCUT2D eigenvalue weighted by atomic mass is 16.5. The predicted octanol–water partition coefficient (Wildman–Crippen LogP) is 1.42. The summed E-state index contributed by atoms with van der Waals surface area (Å²) in [6.07, 6.45) is 5.56. The average Bonchev–Trinajstić information content (AvgIpc) is 2.97. The SMILES string of the molecule is CCNCC(COC)N1CCC(CN2CCCC2)CC1. The van der Waals surface area contributed by atoms with Crippen molar-refractivity contribution >= 4 is 0 Å². The fraction of sp³-hybridized carbons (Fsp3) is 1.00. The molecule has 0 aromatic heterocycles. The van der Waals surface area contributed by atoms with Gasteiger partial charge < -0.3 is 15.0 Å². The van der Waals surface area contributed by atoms with Crippen molar-refractivity contribution in [2.24, 2.45) is 5.92 Å². The highest BCUT2D eigenvalue weighted by Crippen LogP contribution is 2.21. The lowest BCUT2D eigenvalue weighted by Crippen LogP contribution is -2.49. The Morgan fingerprint density at radius 1 is 1.15 bits per heavy atom. The molecule has 20 heavy (non-hydrogen) atoms. The van der Waals surface area contributed by atoms with Crippen LogP contribution in [0.2, 0.25) is 0 Å². The molecule has 4 nitrogen and oxygen atoms in total. The van der Waals surface area contributed by atoms with Gasteiger partial charge in [0.05, 0.1) is 6.61 Å². The Morgan fingerprint density at radius 2 is 1.85 bits per heavy atom. The summed E-state index contributed by atoms with van der Waals surface area (Å²) in [5.74, 6) is 0.923. The van der Waals surface area contributed by atoms with E-state index in [0.717, 1.165) is 25.6 Å². The van der Waals surface area contributed by atoms with Crippen LogP contribution in [0.15, 0.2) is 0 Å². The Labute approximate surface area is 124 Å². The Bertz CT molecular complexity index is 248. The number of likely N-dealkylation sites (tertiary alicyclic amines) is 2. The smallest absolute Gasteiger partial charge is 0.0630 e. The van der Waals surface area contributed by atoms with Crippen molar-refractivity contribution in [3.63, 3.8) is 0 Å². The number of hydrogen-bond acceptors (Lipinski definition) is 4. The molecule has 0 radical (unpaired) electrons. The summed E-state index contributed by atoms with van der Waals surface area (Å²) in [5.41, 5.74) is 0. The number of hydrogen-bond donors (Lipinski definition) is 1. The lowest BCUT2D eigenvalue weighted by Gasteiger charge is -2.38.